The molecule has 5 heteroatoms. The Hall–Kier alpha value is -2.69. The number of carbonyl (C=O) groups is 1. The van der Waals surface area contributed by atoms with Gasteiger partial charge in [0.1, 0.15) is 34.1 Å². The Balaban J connectivity index is 2.64. The first-order chi connectivity index (χ1) is 9.31. The van der Waals surface area contributed by atoms with E-state index in [0.29, 0.717) is 11.1 Å². The molecular weight excluding hydrogens is 260 g/mol. The largest absolute Gasteiger partial charge is 0.507 e. The van der Waals surface area contributed by atoms with Crippen LogP contribution in [0.3, 0.4) is 0 Å². The van der Waals surface area contributed by atoms with Crippen LogP contribution < -0.4 is 0 Å². The van der Waals surface area contributed by atoms with E-state index in [-0.39, 0.29) is 11.1 Å². The lowest BCUT2D eigenvalue weighted by Crippen LogP contribution is -2.04. The molecule has 0 aromatic heterocycles. The van der Waals surface area contributed by atoms with Crippen molar-refractivity contribution in [1.29, 1.82) is 0 Å². The number of rotatable bonds is 2. The van der Waals surface area contributed by atoms with Crippen molar-refractivity contribution in [3.8, 4) is 23.0 Å². The van der Waals surface area contributed by atoms with E-state index in [2.05, 4.69) is 0 Å². The predicted octanol–water partition coefficient (Wildman–Crippen LogP) is 2.36. The van der Waals surface area contributed by atoms with Gasteiger partial charge in [-0.3, -0.25) is 4.79 Å². The average molecular weight is 274 g/mol. The molecule has 0 spiro atoms. The molecule has 0 aliphatic carbocycles. The number of phenolic OH excluding ortho intramolecular Hbond substituents is 4. The Morgan fingerprint density at radius 1 is 0.700 bits per heavy atom. The topological polar surface area (TPSA) is 98.0 Å². The van der Waals surface area contributed by atoms with Crippen LogP contribution in [0.4, 0.5) is 0 Å². The second kappa shape index (κ2) is 4.77. The molecule has 0 aliphatic rings. The van der Waals surface area contributed by atoms with Crippen LogP contribution >= 0.6 is 0 Å². The van der Waals surface area contributed by atoms with Crippen molar-refractivity contribution in [3.63, 3.8) is 0 Å². The number of carbonyl (C=O) groups excluding carboxylic acids is 1. The normalized spacial score (nSPS) is 10.5. The van der Waals surface area contributed by atoms with E-state index in [1.165, 1.54) is 24.3 Å². The molecule has 0 unspecified atom stereocenters. The number of ketones is 1. The molecule has 0 radical (unpaired) electrons. The molecule has 2 rings (SSSR count). The van der Waals surface area contributed by atoms with E-state index < -0.39 is 28.8 Å². The van der Waals surface area contributed by atoms with E-state index in [9.17, 15) is 25.2 Å². The summed E-state index contributed by atoms with van der Waals surface area (Å²) in [5.41, 5.74) is 0.443. The van der Waals surface area contributed by atoms with Crippen molar-refractivity contribution in [2.45, 2.75) is 13.8 Å². The zero-order chi connectivity index (χ0) is 15.0. The van der Waals surface area contributed by atoms with Crippen LogP contribution in [0, 0.1) is 13.8 Å². The number of aryl methyl sites for hydroxylation is 2. The van der Waals surface area contributed by atoms with Gasteiger partial charge in [-0.25, -0.2) is 0 Å². The molecule has 0 amide bonds. The molecule has 4 N–H and O–H groups in total. The summed E-state index contributed by atoms with van der Waals surface area (Å²) in [4.78, 5) is 12.3. The predicted molar refractivity (Wildman–Crippen MR) is 72.4 cm³/mol. The van der Waals surface area contributed by atoms with Crippen molar-refractivity contribution in [2.75, 3.05) is 0 Å². The third-order valence-electron chi connectivity index (χ3n) is 2.94. The number of aromatic hydroxyl groups is 4. The first-order valence-electron chi connectivity index (χ1n) is 5.91. The van der Waals surface area contributed by atoms with Crippen molar-refractivity contribution in [3.05, 3.63) is 46.5 Å². The Morgan fingerprint density at radius 3 is 1.20 bits per heavy atom. The van der Waals surface area contributed by atoms with Gasteiger partial charge in [-0.05, 0) is 49.2 Å². The van der Waals surface area contributed by atoms with Crippen molar-refractivity contribution in [2.24, 2.45) is 0 Å². The summed E-state index contributed by atoms with van der Waals surface area (Å²) >= 11 is 0. The standard InChI is InChI=1S/C15H14O5/c1-7-3-9(16)13(10(17)4-7)15(20)14-11(18)5-8(2)6-12(14)19/h3-6,16-19H,1-2H3. The van der Waals surface area contributed by atoms with E-state index in [1.807, 2.05) is 0 Å². The molecule has 0 saturated heterocycles. The van der Waals surface area contributed by atoms with Crippen molar-refractivity contribution in [1.82, 2.24) is 0 Å². The Kier molecular flexibility index (Phi) is 3.28. The molecule has 5 nitrogen and oxygen atoms in total. The third-order valence-corrected chi connectivity index (χ3v) is 2.94. The van der Waals surface area contributed by atoms with E-state index in [0.717, 1.165) is 0 Å². The highest BCUT2D eigenvalue weighted by Crippen LogP contribution is 2.36. The molecule has 0 saturated carbocycles. The van der Waals surface area contributed by atoms with Crippen LogP contribution in [0.1, 0.15) is 27.0 Å². The lowest BCUT2D eigenvalue weighted by Gasteiger charge is -2.11. The molecule has 104 valence electrons. The fourth-order valence-electron chi connectivity index (χ4n) is 2.09. The minimum Gasteiger partial charge on any atom is -0.507 e. The number of hydrogen-bond acceptors (Lipinski definition) is 5. The summed E-state index contributed by atoms with van der Waals surface area (Å²) in [6, 6.07) is 5.26. The van der Waals surface area contributed by atoms with Gasteiger partial charge in [0.05, 0.1) is 0 Å². The molecule has 0 fully saturated rings. The summed E-state index contributed by atoms with van der Waals surface area (Å²) in [6.45, 7) is 3.29. The number of hydrogen-bond donors (Lipinski definition) is 4. The summed E-state index contributed by atoms with van der Waals surface area (Å²) in [6.07, 6.45) is 0. The maximum Gasteiger partial charge on any atom is 0.207 e. The number of phenols is 4. The van der Waals surface area contributed by atoms with Gasteiger partial charge in [-0.2, -0.15) is 0 Å². The molecule has 0 bridgehead atoms. The Bertz CT molecular complexity index is 598. The maximum atomic E-state index is 12.3. The van der Waals surface area contributed by atoms with Crippen LogP contribution in [0.2, 0.25) is 0 Å². The molecular formula is C15H14O5. The van der Waals surface area contributed by atoms with Crippen LogP contribution in [-0.4, -0.2) is 26.2 Å². The SMILES string of the molecule is Cc1cc(O)c(C(=O)c2c(O)cc(C)cc2O)c(O)c1. The van der Waals surface area contributed by atoms with Gasteiger partial charge in [0, 0.05) is 0 Å². The lowest BCUT2D eigenvalue weighted by molar-refractivity contribution is 0.102. The average Bonchev–Trinajstić information content (AvgIpc) is 2.25. The highest BCUT2D eigenvalue weighted by Gasteiger charge is 2.24. The maximum absolute atomic E-state index is 12.3. The minimum absolute atomic E-state index is 0.356. The lowest BCUT2D eigenvalue weighted by atomic mass is 9.97. The Morgan fingerprint density at radius 2 is 0.950 bits per heavy atom. The molecule has 0 aliphatic heterocycles. The zero-order valence-corrected chi connectivity index (χ0v) is 11.0. The molecule has 2 aromatic carbocycles. The molecule has 0 atom stereocenters. The summed E-state index contributed by atoms with van der Waals surface area (Å²) in [5, 5.41) is 39.2. The van der Waals surface area contributed by atoms with E-state index >= 15 is 0 Å². The van der Waals surface area contributed by atoms with Crippen LogP contribution in [0.15, 0.2) is 24.3 Å². The molecule has 2 aromatic rings. The van der Waals surface area contributed by atoms with Crippen LogP contribution in [-0.2, 0) is 0 Å². The monoisotopic (exact) mass is 274 g/mol. The molecule has 20 heavy (non-hydrogen) atoms. The second-order valence-corrected chi connectivity index (χ2v) is 4.69. The summed E-state index contributed by atoms with van der Waals surface area (Å²) < 4.78 is 0. The van der Waals surface area contributed by atoms with Crippen LogP contribution in [0.5, 0.6) is 23.0 Å². The van der Waals surface area contributed by atoms with Crippen LogP contribution in [0.25, 0.3) is 0 Å². The van der Waals surface area contributed by atoms with Gasteiger partial charge in [0.15, 0.2) is 0 Å². The fraction of sp³-hybridized carbons (Fsp3) is 0.133. The quantitative estimate of drug-likeness (QED) is 0.630. The third kappa shape index (κ3) is 2.25. The van der Waals surface area contributed by atoms with Gasteiger partial charge in [0.25, 0.3) is 0 Å². The highest BCUT2D eigenvalue weighted by atomic mass is 16.3. The van der Waals surface area contributed by atoms with Gasteiger partial charge >= 0.3 is 0 Å². The summed E-state index contributed by atoms with van der Waals surface area (Å²) in [7, 11) is 0. The smallest absolute Gasteiger partial charge is 0.207 e. The van der Waals surface area contributed by atoms with Gasteiger partial charge in [0.2, 0.25) is 5.78 Å². The second-order valence-electron chi connectivity index (χ2n) is 4.69. The van der Waals surface area contributed by atoms with E-state index in [1.54, 1.807) is 13.8 Å². The number of benzene rings is 2. The van der Waals surface area contributed by atoms with E-state index in [4.69, 9.17) is 0 Å². The summed E-state index contributed by atoms with van der Waals surface area (Å²) in [5.74, 6) is -2.49. The first kappa shape index (κ1) is 13.7. The zero-order valence-electron chi connectivity index (χ0n) is 11.0. The van der Waals surface area contributed by atoms with Gasteiger partial charge in [-0.1, -0.05) is 0 Å². The fourth-order valence-corrected chi connectivity index (χ4v) is 2.09. The first-order valence-corrected chi connectivity index (χ1v) is 5.91. The molecule has 0 heterocycles. The van der Waals surface area contributed by atoms with Crippen molar-refractivity contribution >= 4 is 5.78 Å². The van der Waals surface area contributed by atoms with Gasteiger partial charge < -0.3 is 20.4 Å². The Labute approximate surface area is 115 Å². The van der Waals surface area contributed by atoms with Crippen molar-refractivity contribution < 1.29 is 25.2 Å². The van der Waals surface area contributed by atoms with Gasteiger partial charge in [-0.15, -0.1) is 0 Å². The highest BCUT2D eigenvalue weighted by molar-refractivity contribution is 6.15. The minimum atomic E-state index is -0.852.